The molecule has 2 saturated heterocycles. The van der Waals surface area contributed by atoms with Crippen molar-refractivity contribution in [2.45, 2.75) is 38.1 Å². The van der Waals surface area contributed by atoms with Crippen LogP contribution in [0, 0.1) is 5.92 Å². The molecule has 1 atom stereocenters. The minimum atomic E-state index is -0.729. The highest BCUT2D eigenvalue weighted by molar-refractivity contribution is 5.82. The Balaban J connectivity index is 1.78. The van der Waals surface area contributed by atoms with Crippen LogP contribution in [0.15, 0.2) is 0 Å². The van der Waals surface area contributed by atoms with E-state index >= 15 is 0 Å². The summed E-state index contributed by atoms with van der Waals surface area (Å²) < 4.78 is 0. The van der Waals surface area contributed by atoms with Crippen molar-refractivity contribution in [3.05, 3.63) is 0 Å². The Bertz CT molecular complexity index is 292. The second kappa shape index (κ2) is 5.49. The Morgan fingerprint density at radius 3 is 2.47 bits per heavy atom. The maximum Gasteiger partial charge on any atom is 0.303 e. The summed E-state index contributed by atoms with van der Waals surface area (Å²) in [7, 11) is 0. The Hall–Kier alpha value is -1.10. The van der Waals surface area contributed by atoms with Crippen LogP contribution in [0.25, 0.3) is 0 Å². The molecular weight excluding hydrogens is 220 g/mol. The van der Waals surface area contributed by atoms with Crippen molar-refractivity contribution in [3.63, 3.8) is 0 Å². The van der Waals surface area contributed by atoms with Gasteiger partial charge in [0.1, 0.15) is 0 Å². The standard InChI is InChI=1S/C12H20N2O3/c15-11(16)8-9-3-6-14(7-4-9)12(17)10-2-1-5-13-10/h9-10,13H,1-8H2,(H,15,16)/t10-/m1/s1. The number of carbonyl (C=O) groups is 2. The van der Waals surface area contributed by atoms with Gasteiger partial charge < -0.3 is 15.3 Å². The smallest absolute Gasteiger partial charge is 0.303 e. The topological polar surface area (TPSA) is 69.6 Å². The average molecular weight is 240 g/mol. The van der Waals surface area contributed by atoms with Gasteiger partial charge in [0.05, 0.1) is 6.04 Å². The molecule has 2 aliphatic heterocycles. The molecule has 17 heavy (non-hydrogen) atoms. The van der Waals surface area contributed by atoms with Gasteiger partial charge in [0, 0.05) is 19.5 Å². The molecule has 2 N–H and O–H groups in total. The molecule has 96 valence electrons. The first-order valence-corrected chi connectivity index (χ1v) is 6.41. The highest BCUT2D eigenvalue weighted by Gasteiger charge is 2.30. The number of amides is 1. The van der Waals surface area contributed by atoms with Gasteiger partial charge in [-0.25, -0.2) is 0 Å². The van der Waals surface area contributed by atoms with Crippen molar-refractivity contribution in [2.75, 3.05) is 19.6 Å². The van der Waals surface area contributed by atoms with Crippen LogP contribution >= 0.6 is 0 Å². The number of nitrogens with one attached hydrogen (secondary N) is 1. The van der Waals surface area contributed by atoms with Crippen molar-refractivity contribution in [2.24, 2.45) is 5.92 Å². The molecular formula is C12H20N2O3. The average Bonchev–Trinajstić information content (AvgIpc) is 2.82. The van der Waals surface area contributed by atoms with E-state index in [0.29, 0.717) is 0 Å². The lowest BCUT2D eigenvalue weighted by molar-refractivity contribution is -0.139. The van der Waals surface area contributed by atoms with Crippen molar-refractivity contribution in [3.8, 4) is 0 Å². The van der Waals surface area contributed by atoms with Gasteiger partial charge >= 0.3 is 5.97 Å². The van der Waals surface area contributed by atoms with E-state index in [1.54, 1.807) is 0 Å². The summed E-state index contributed by atoms with van der Waals surface area (Å²) in [5.41, 5.74) is 0. The van der Waals surface area contributed by atoms with Gasteiger partial charge in [-0.3, -0.25) is 9.59 Å². The Morgan fingerprint density at radius 2 is 1.94 bits per heavy atom. The normalized spacial score (nSPS) is 26.1. The first-order chi connectivity index (χ1) is 8.16. The molecule has 2 heterocycles. The molecule has 0 aliphatic carbocycles. The van der Waals surface area contributed by atoms with E-state index in [-0.39, 0.29) is 24.3 Å². The van der Waals surface area contributed by atoms with Crippen LogP contribution < -0.4 is 5.32 Å². The summed E-state index contributed by atoms with van der Waals surface area (Å²) in [6.07, 6.45) is 3.90. The van der Waals surface area contributed by atoms with Crippen molar-refractivity contribution >= 4 is 11.9 Å². The van der Waals surface area contributed by atoms with E-state index in [9.17, 15) is 9.59 Å². The molecule has 2 aliphatic rings. The lowest BCUT2D eigenvalue weighted by atomic mass is 9.93. The molecule has 0 saturated carbocycles. The zero-order valence-electron chi connectivity index (χ0n) is 10.0. The van der Waals surface area contributed by atoms with E-state index in [0.717, 1.165) is 45.3 Å². The minimum absolute atomic E-state index is 0.00558. The molecule has 5 nitrogen and oxygen atoms in total. The number of hydrogen-bond donors (Lipinski definition) is 2. The lowest BCUT2D eigenvalue weighted by Gasteiger charge is -2.33. The lowest BCUT2D eigenvalue weighted by Crippen LogP contribution is -2.47. The van der Waals surface area contributed by atoms with Crippen LogP contribution in [0.5, 0.6) is 0 Å². The summed E-state index contributed by atoms with van der Waals surface area (Å²) in [6, 6.07) is 0.00558. The number of piperidine rings is 1. The SMILES string of the molecule is O=C(O)CC1CCN(C(=O)[C@H]2CCCN2)CC1. The molecule has 0 radical (unpaired) electrons. The predicted molar refractivity (Wildman–Crippen MR) is 62.6 cm³/mol. The van der Waals surface area contributed by atoms with Gasteiger partial charge in [-0.1, -0.05) is 0 Å². The van der Waals surface area contributed by atoms with Gasteiger partial charge in [0.2, 0.25) is 5.91 Å². The fourth-order valence-corrected chi connectivity index (χ4v) is 2.72. The predicted octanol–water partition coefficient (Wildman–Crippen LogP) is 0.452. The molecule has 0 aromatic carbocycles. The van der Waals surface area contributed by atoms with Crippen LogP contribution in [0.4, 0.5) is 0 Å². The maximum atomic E-state index is 12.1. The molecule has 0 aromatic heterocycles. The zero-order valence-corrected chi connectivity index (χ0v) is 10.0. The van der Waals surface area contributed by atoms with E-state index in [1.165, 1.54) is 0 Å². The molecule has 1 amide bonds. The van der Waals surface area contributed by atoms with Crippen LogP contribution in [0.3, 0.4) is 0 Å². The number of carbonyl (C=O) groups excluding carboxylic acids is 1. The molecule has 0 bridgehead atoms. The van der Waals surface area contributed by atoms with Gasteiger partial charge in [0.15, 0.2) is 0 Å². The number of carboxylic acid groups (broad SMARTS) is 1. The first-order valence-electron chi connectivity index (χ1n) is 6.41. The number of rotatable bonds is 3. The van der Waals surface area contributed by atoms with E-state index in [2.05, 4.69) is 5.32 Å². The van der Waals surface area contributed by atoms with Gasteiger partial charge in [-0.15, -0.1) is 0 Å². The van der Waals surface area contributed by atoms with E-state index in [4.69, 9.17) is 5.11 Å². The Labute approximate surface area is 101 Å². The zero-order chi connectivity index (χ0) is 12.3. The van der Waals surface area contributed by atoms with Crippen LogP contribution in [-0.4, -0.2) is 47.6 Å². The summed E-state index contributed by atoms with van der Waals surface area (Å²) >= 11 is 0. The highest BCUT2D eigenvalue weighted by atomic mass is 16.4. The number of carboxylic acids is 1. The monoisotopic (exact) mass is 240 g/mol. The minimum Gasteiger partial charge on any atom is -0.481 e. The fraction of sp³-hybridized carbons (Fsp3) is 0.833. The van der Waals surface area contributed by atoms with Crippen LogP contribution in [0.1, 0.15) is 32.1 Å². The van der Waals surface area contributed by atoms with Gasteiger partial charge in [-0.05, 0) is 38.1 Å². The molecule has 2 fully saturated rings. The second-order valence-corrected chi connectivity index (χ2v) is 5.02. The van der Waals surface area contributed by atoms with Crippen molar-refractivity contribution in [1.29, 1.82) is 0 Å². The number of aliphatic carboxylic acids is 1. The fourth-order valence-electron chi connectivity index (χ4n) is 2.72. The molecule has 0 unspecified atom stereocenters. The summed E-state index contributed by atoms with van der Waals surface area (Å²) in [4.78, 5) is 24.6. The van der Waals surface area contributed by atoms with Crippen molar-refractivity contribution < 1.29 is 14.7 Å². The van der Waals surface area contributed by atoms with E-state index in [1.807, 2.05) is 4.90 Å². The number of nitrogens with zero attached hydrogens (tertiary/aromatic N) is 1. The molecule has 0 aromatic rings. The quantitative estimate of drug-likeness (QED) is 0.751. The molecule has 5 heteroatoms. The summed E-state index contributed by atoms with van der Waals surface area (Å²) in [5.74, 6) is -0.281. The summed E-state index contributed by atoms with van der Waals surface area (Å²) in [6.45, 7) is 2.37. The maximum absolute atomic E-state index is 12.1. The largest absolute Gasteiger partial charge is 0.481 e. The number of likely N-dealkylation sites (tertiary alicyclic amines) is 1. The van der Waals surface area contributed by atoms with Crippen LogP contribution in [0.2, 0.25) is 0 Å². The third-order valence-electron chi connectivity index (χ3n) is 3.75. The van der Waals surface area contributed by atoms with Gasteiger partial charge in [0.25, 0.3) is 0 Å². The van der Waals surface area contributed by atoms with Crippen LogP contribution in [-0.2, 0) is 9.59 Å². The Kier molecular flexibility index (Phi) is 3.99. The second-order valence-electron chi connectivity index (χ2n) is 5.02. The third kappa shape index (κ3) is 3.19. The summed E-state index contributed by atoms with van der Waals surface area (Å²) in [5, 5.41) is 11.9. The first kappa shape index (κ1) is 12.4. The highest BCUT2D eigenvalue weighted by Crippen LogP contribution is 2.21. The molecule has 0 spiro atoms. The van der Waals surface area contributed by atoms with Crippen molar-refractivity contribution in [1.82, 2.24) is 10.2 Å². The van der Waals surface area contributed by atoms with E-state index < -0.39 is 5.97 Å². The molecule has 2 rings (SSSR count). The van der Waals surface area contributed by atoms with Gasteiger partial charge in [-0.2, -0.15) is 0 Å². The Morgan fingerprint density at radius 1 is 1.24 bits per heavy atom. The number of hydrogen-bond acceptors (Lipinski definition) is 3. The third-order valence-corrected chi connectivity index (χ3v) is 3.75.